The molecule has 0 spiro atoms. The fourth-order valence-electron chi connectivity index (χ4n) is 2.36. The van der Waals surface area contributed by atoms with Crippen LogP contribution in [-0.2, 0) is 6.54 Å². The molecule has 0 saturated carbocycles. The molecule has 3 N–H and O–H groups in total. The van der Waals surface area contributed by atoms with Gasteiger partial charge in [-0.1, -0.05) is 12.1 Å². The third-order valence-corrected chi connectivity index (χ3v) is 3.68. The maximum Gasteiger partial charge on any atom is 0.319 e. The highest BCUT2D eigenvalue weighted by Crippen LogP contribution is 2.13. The number of nitrogens with zero attached hydrogens (tertiary/aromatic N) is 1. The van der Waals surface area contributed by atoms with Gasteiger partial charge in [-0.15, -0.1) is 0 Å². The molecule has 0 unspecified atom stereocenters. The molecule has 0 aliphatic rings. The lowest BCUT2D eigenvalue weighted by atomic mass is 10.2. The third kappa shape index (κ3) is 5.37. The van der Waals surface area contributed by atoms with Crippen LogP contribution in [0.4, 0.5) is 20.6 Å². The quantitative estimate of drug-likeness (QED) is 0.644. The van der Waals surface area contributed by atoms with Gasteiger partial charge in [0.2, 0.25) is 0 Å². The second-order valence-corrected chi connectivity index (χ2v) is 5.70. The van der Waals surface area contributed by atoms with E-state index in [0.29, 0.717) is 16.9 Å². The number of hydrogen-bond donors (Lipinski definition) is 3. The number of hydrogen-bond acceptors (Lipinski definition) is 3. The van der Waals surface area contributed by atoms with Gasteiger partial charge in [0.15, 0.2) is 0 Å². The fourth-order valence-corrected chi connectivity index (χ4v) is 2.36. The highest BCUT2D eigenvalue weighted by molar-refractivity contribution is 6.04. The van der Waals surface area contributed by atoms with E-state index in [1.165, 1.54) is 24.3 Å². The number of carbonyl (C=O) groups is 2. The molecule has 3 aromatic rings. The largest absolute Gasteiger partial charge is 0.334 e. The van der Waals surface area contributed by atoms with Gasteiger partial charge < -0.3 is 16.0 Å². The first-order valence-electron chi connectivity index (χ1n) is 8.21. The SMILES string of the molecule is O=C(NCc1cccc(NC(=O)c2ccncc2)c1)Nc1ccc(F)cc1. The van der Waals surface area contributed by atoms with Gasteiger partial charge in [0.1, 0.15) is 5.82 Å². The summed E-state index contributed by atoms with van der Waals surface area (Å²) in [4.78, 5) is 28.0. The Bertz CT molecular complexity index is 930. The van der Waals surface area contributed by atoms with Crippen LogP contribution in [0.3, 0.4) is 0 Å². The molecule has 1 aromatic heterocycles. The number of benzene rings is 2. The van der Waals surface area contributed by atoms with Gasteiger partial charge >= 0.3 is 6.03 Å². The van der Waals surface area contributed by atoms with Crippen molar-refractivity contribution in [2.24, 2.45) is 0 Å². The van der Waals surface area contributed by atoms with Gasteiger partial charge in [-0.3, -0.25) is 9.78 Å². The Hall–Kier alpha value is -3.74. The Kier molecular flexibility index (Phi) is 5.73. The predicted molar refractivity (Wildman–Crippen MR) is 101 cm³/mol. The topological polar surface area (TPSA) is 83.1 Å². The second kappa shape index (κ2) is 8.57. The van der Waals surface area contributed by atoms with E-state index in [1.807, 2.05) is 6.07 Å². The predicted octanol–water partition coefficient (Wildman–Crippen LogP) is 3.79. The first kappa shape index (κ1) is 18.1. The van der Waals surface area contributed by atoms with E-state index >= 15 is 0 Å². The lowest BCUT2D eigenvalue weighted by Crippen LogP contribution is -2.28. The number of halogens is 1. The van der Waals surface area contributed by atoms with Crippen LogP contribution in [0.5, 0.6) is 0 Å². The molecule has 27 heavy (non-hydrogen) atoms. The van der Waals surface area contributed by atoms with Crippen molar-refractivity contribution in [1.29, 1.82) is 0 Å². The summed E-state index contributed by atoms with van der Waals surface area (Å²) in [6, 6.07) is 15.5. The average Bonchev–Trinajstić information content (AvgIpc) is 2.69. The third-order valence-electron chi connectivity index (χ3n) is 3.68. The summed E-state index contributed by atoms with van der Waals surface area (Å²) < 4.78 is 12.9. The molecule has 3 amide bonds. The molecule has 0 bridgehead atoms. The molecule has 136 valence electrons. The zero-order valence-corrected chi connectivity index (χ0v) is 14.3. The molecular formula is C20H17FN4O2. The number of rotatable bonds is 5. The lowest BCUT2D eigenvalue weighted by molar-refractivity contribution is 0.102. The van der Waals surface area contributed by atoms with Crippen LogP contribution in [0, 0.1) is 5.82 Å². The molecule has 0 saturated heterocycles. The smallest absolute Gasteiger partial charge is 0.319 e. The van der Waals surface area contributed by atoms with E-state index in [-0.39, 0.29) is 18.3 Å². The highest BCUT2D eigenvalue weighted by atomic mass is 19.1. The standard InChI is InChI=1S/C20H17FN4O2/c21-16-4-6-17(7-5-16)25-20(27)23-13-14-2-1-3-18(12-14)24-19(26)15-8-10-22-11-9-15/h1-12H,13H2,(H,24,26)(H2,23,25,27). The first-order valence-corrected chi connectivity index (χ1v) is 8.21. The summed E-state index contributed by atoms with van der Waals surface area (Å²) in [5.41, 5.74) is 2.44. The van der Waals surface area contributed by atoms with Crippen LogP contribution in [0.2, 0.25) is 0 Å². The Morgan fingerprint density at radius 2 is 1.63 bits per heavy atom. The molecule has 3 rings (SSSR count). The Labute approximate surface area is 155 Å². The van der Waals surface area contributed by atoms with Crippen molar-refractivity contribution in [2.75, 3.05) is 10.6 Å². The van der Waals surface area contributed by atoms with Crippen molar-refractivity contribution < 1.29 is 14.0 Å². The molecule has 1 heterocycles. The van der Waals surface area contributed by atoms with Crippen molar-refractivity contribution in [1.82, 2.24) is 10.3 Å². The number of urea groups is 1. The van der Waals surface area contributed by atoms with E-state index in [0.717, 1.165) is 5.56 Å². The Balaban J connectivity index is 1.55. The monoisotopic (exact) mass is 364 g/mol. The minimum Gasteiger partial charge on any atom is -0.334 e. The van der Waals surface area contributed by atoms with Crippen LogP contribution >= 0.6 is 0 Å². The van der Waals surface area contributed by atoms with Crippen LogP contribution in [0.25, 0.3) is 0 Å². The number of pyridine rings is 1. The molecule has 6 nitrogen and oxygen atoms in total. The van der Waals surface area contributed by atoms with Gasteiger partial charge in [0.05, 0.1) is 0 Å². The van der Waals surface area contributed by atoms with E-state index in [4.69, 9.17) is 0 Å². The molecular weight excluding hydrogens is 347 g/mol. The van der Waals surface area contributed by atoms with E-state index in [2.05, 4.69) is 20.9 Å². The van der Waals surface area contributed by atoms with E-state index in [9.17, 15) is 14.0 Å². The zero-order valence-electron chi connectivity index (χ0n) is 14.3. The van der Waals surface area contributed by atoms with Crippen LogP contribution in [0.1, 0.15) is 15.9 Å². The summed E-state index contributed by atoms with van der Waals surface area (Å²) in [5.74, 6) is -0.608. The van der Waals surface area contributed by atoms with Crippen molar-refractivity contribution in [3.8, 4) is 0 Å². The van der Waals surface area contributed by atoms with Gasteiger partial charge in [0, 0.05) is 35.9 Å². The normalized spacial score (nSPS) is 10.1. The molecule has 7 heteroatoms. The molecule has 0 fully saturated rings. The molecule has 0 aliphatic carbocycles. The number of aromatic nitrogens is 1. The summed E-state index contributed by atoms with van der Waals surface area (Å²) in [7, 11) is 0. The Morgan fingerprint density at radius 1 is 0.889 bits per heavy atom. The van der Waals surface area contributed by atoms with E-state index < -0.39 is 6.03 Å². The maximum absolute atomic E-state index is 12.9. The van der Waals surface area contributed by atoms with Gasteiger partial charge in [-0.05, 0) is 54.1 Å². The number of anilines is 2. The van der Waals surface area contributed by atoms with Crippen LogP contribution < -0.4 is 16.0 Å². The van der Waals surface area contributed by atoms with Crippen molar-refractivity contribution in [2.45, 2.75) is 6.54 Å². The average molecular weight is 364 g/mol. The zero-order chi connectivity index (χ0) is 19.1. The number of nitrogens with one attached hydrogen (secondary N) is 3. The van der Waals surface area contributed by atoms with Crippen LogP contribution in [0.15, 0.2) is 73.1 Å². The molecule has 0 aliphatic heterocycles. The highest BCUT2D eigenvalue weighted by Gasteiger charge is 2.07. The van der Waals surface area contributed by atoms with Crippen LogP contribution in [-0.4, -0.2) is 16.9 Å². The summed E-state index contributed by atoms with van der Waals surface area (Å²) >= 11 is 0. The van der Waals surface area contributed by atoms with Crippen molar-refractivity contribution >= 4 is 23.3 Å². The van der Waals surface area contributed by atoms with Crippen molar-refractivity contribution in [3.63, 3.8) is 0 Å². The first-order chi connectivity index (χ1) is 13.1. The molecule has 0 atom stereocenters. The minimum absolute atomic E-state index is 0.239. The lowest BCUT2D eigenvalue weighted by Gasteiger charge is -2.10. The second-order valence-electron chi connectivity index (χ2n) is 5.70. The number of carbonyl (C=O) groups excluding carboxylic acids is 2. The minimum atomic E-state index is -0.409. The molecule has 2 aromatic carbocycles. The van der Waals surface area contributed by atoms with E-state index in [1.54, 1.807) is 42.7 Å². The fraction of sp³-hybridized carbons (Fsp3) is 0.0500. The van der Waals surface area contributed by atoms with Gasteiger partial charge in [-0.2, -0.15) is 0 Å². The number of amides is 3. The maximum atomic E-state index is 12.9. The summed E-state index contributed by atoms with van der Waals surface area (Å²) in [6.45, 7) is 0.270. The van der Waals surface area contributed by atoms with Gasteiger partial charge in [0.25, 0.3) is 5.91 Å². The Morgan fingerprint density at radius 3 is 2.37 bits per heavy atom. The summed E-state index contributed by atoms with van der Waals surface area (Å²) in [6.07, 6.45) is 3.10. The molecule has 0 radical (unpaired) electrons. The van der Waals surface area contributed by atoms with Gasteiger partial charge in [-0.25, -0.2) is 9.18 Å². The van der Waals surface area contributed by atoms with Crippen molar-refractivity contribution in [3.05, 3.63) is 90.0 Å². The summed E-state index contributed by atoms with van der Waals surface area (Å²) in [5, 5.41) is 8.13.